The molecule has 0 spiro atoms. The zero-order valence-corrected chi connectivity index (χ0v) is 11.5. The predicted octanol–water partition coefficient (Wildman–Crippen LogP) is 3.60. The van der Waals surface area contributed by atoms with E-state index in [-0.39, 0.29) is 5.97 Å². The van der Waals surface area contributed by atoms with Gasteiger partial charge in [0.05, 0.1) is 12.8 Å². The number of ether oxygens (including phenoxy) is 1. The fraction of sp³-hybridized carbons (Fsp3) is 0.286. The Labute approximate surface area is 110 Å². The van der Waals surface area contributed by atoms with Crippen molar-refractivity contribution in [2.75, 3.05) is 6.61 Å². The van der Waals surface area contributed by atoms with Crippen molar-refractivity contribution in [3.8, 4) is 10.6 Å². The highest BCUT2D eigenvalue weighted by Crippen LogP contribution is 2.28. The van der Waals surface area contributed by atoms with Crippen molar-refractivity contribution >= 4 is 17.3 Å². The number of carbonyl (C=O) groups excluding carboxylic acids is 1. The number of hydrogen-bond acceptors (Lipinski definition) is 4. The van der Waals surface area contributed by atoms with Gasteiger partial charge in [0.25, 0.3) is 0 Å². The van der Waals surface area contributed by atoms with Crippen molar-refractivity contribution < 1.29 is 9.53 Å². The van der Waals surface area contributed by atoms with Crippen molar-refractivity contribution in [1.29, 1.82) is 0 Å². The Balaban J connectivity index is 2.32. The highest BCUT2D eigenvalue weighted by atomic mass is 32.1. The van der Waals surface area contributed by atoms with Gasteiger partial charge in [-0.15, -0.1) is 11.3 Å². The van der Waals surface area contributed by atoms with Crippen LogP contribution < -0.4 is 0 Å². The summed E-state index contributed by atoms with van der Waals surface area (Å²) in [6.45, 7) is 6.29. The molecule has 4 heteroatoms. The summed E-state index contributed by atoms with van der Waals surface area (Å²) in [5, 5.41) is 0.857. The Bertz CT molecular complexity index is 575. The maximum Gasteiger partial charge on any atom is 0.349 e. The molecule has 2 aromatic rings. The minimum absolute atomic E-state index is 0.300. The first-order valence-corrected chi connectivity index (χ1v) is 6.64. The monoisotopic (exact) mass is 261 g/mol. The van der Waals surface area contributed by atoms with E-state index >= 15 is 0 Å². The van der Waals surface area contributed by atoms with Gasteiger partial charge in [0.1, 0.15) is 9.88 Å². The molecule has 0 amide bonds. The van der Waals surface area contributed by atoms with Crippen molar-refractivity contribution in [1.82, 2.24) is 4.98 Å². The first-order chi connectivity index (χ1) is 8.61. The average Bonchev–Trinajstić information content (AvgIpc) is 2.78. The smallest absolute Gasteiger partial charge is 0.349 e. The van der Waals surface area contributed by atoms with Gasteiger partial charge in [0.15, 0.2) is 0 Å². The molecule has 0 saturated heterocycles. The molecule has 0 N–H and O–H groups in total. The van der Waals surface area contributed by atoms with Crippen molar-refractivity contribution in [2.45, 2.75) is 20.8 Å². The maximum atomic E-state index is 11.6. The van der Waals surface area contributed by atoms with E-state index in [1.807, 2.05) is 19.1 Å². The van der Waals surface area contributed by atoms with Crippen LogP contribution in [0.1, 0.15) is 27.7 Å². The van der Waals surface area contributed by atoms with Gasteiger partial charge in [-0.2, -0.15) is 0 Å². The average molecular weight is 261 g/mol. The Morgan fingerprint density at radius 3 is 2.83 bits per heavy atom. The Morgan fingerprint density at radius 2 is 2.17 bits per heavy atom. The molecule has 94 valence electrons. The lowest BCUT2D eigenvalue weighted by atomic mass is 10.1. The summed E-state index contributed by atoms with van der Waals surface area (Å²) in [5.41, 5.74) is 3.46. The van der Waals surface area contributed by atoms with Crippen LogP contribution in [-0.4, -0.2) is 17.6 Å². The number of hydrogen-bond donors (Lipinski definition) is 0. The zero-order chi connectivity index (χ0) is 13.1. The van der Waals surface area contributed by atoms with E-state index in [2.05, 4.69) is 18.0 Å². The minimum Gasteiger partial charge on any atom is -0.462 e. The van der Waals surface area contributed by atoms with Gasteiger partial charge in [0, 0.05) is 5.56 Å². The SMILES string of the molecule is CCOC(=O)c1cnc(-c2ccc(C)cc2C)s1. The van der Waals surface area contributed by atoms with Crippen LogP contribution >= 0.6 is 11.3 Å². The van der Waals surface area contributed by atoms with Gasteiger partial charge in [-0.25, -0.2) is 9.78 Å². The fourth-order valence-electron chi connectivity index (χ4n) is 1.75. The number of esters is 1. The molecule has 1 aromatic heterocycles. The summed E-state index contributed by atoms with van der Waals surface area (Å²) in [7, 11) is 0. The molecule has 0 radical (unpaired) electrons. The zero-order valence-electron chi connectivity index (χ0n) is 10.7. The molecule has 0 aliphatic heterocycles. The highest BCUT2D eigenvalue weighted by molar-refractivity contribution is 7.16. The molecule has 1 aromatic carbocycles. The van der Waals surface area contributed by atoms with Crippen LogP contribution in [0.15, 0.2) is 24.4 Å². The summed E-state index contributed by atoms with van der Waals surface area (Å²) in [6.07, 6.45) is 1.58. The van der Waals surface area contributed by atoms with E-state index in [1.54, 1.807) is 13.1 Å². The number of aryl methyl sites for hydroxylation is 2. The van der Waals surface area contributed by atoms with Crippen molar-refractivity contribution in [2.24, 2.45) is 0 Å². The van der Waals surface area contributed by atoms with Gasteiger partial charge >= 0.3 is 5.97 Å². The van der Waals surface area contributed by atoms with Gasteiger partial charge in [-0.1, -0.05) is 23.8 Å². The van der Waals surface area contributed by atoms with Crippen LogP contribution in [0.2, 0.25) is 0 Å². The topological polar surface area (TPSA) is 39.2 Å². The van der Waals surface area contributed by atoms with E-state index < -0.39 is 0 Å². The summed E-state index contributed by atoms with van der Waals surface area (Å²) in [5.74, 6) is -0.300. The van der Waals surface area contributed by atoms with Gasteiger partial charge in [-0.3, -0.25) is 0 Å². The molecule has 0 aliphatic rings. The number of rotatable bonds is 3. The second kappa shape index (κ2) is 5.31. The van der Waals surface area contributed by atoms with Crippen LogP contribution in [0, 0.1) is 13.8 Å². The van der Waals surface area contributed by atoms with Gasteiger partial charge in [0.2, 0.25) is 0 Å². The molecule has 0 fully saturated rings. The molecule has 1 heterocycles. The summed E-state index contributed by atoms with van der Waals surface area (Å²) in [6, 6.07) is 6.20. The maximum absolute atomic E-state index is 11.6. The van der Waals surface area contributed by atoms with Crippen LogP contribution in [0.4, 0.5) is 0 Å². The molecule has 0 atom stereocenters. The molecular formula is C14H15NO2S. The fourth-order valence-corrected chi connectivity index (χ4v) is 2.65. The van der Waals surface area contributed by atoms with E-state index in [0.29, 0.717) is 11.5 Å². The summed E-state index contributed by atoms with van der Waals surface area (Å²) >= 11 is 1.37. The molecule has 0 bridgehead atoms. The first kappa shape index (κ1) is 12.8. The molecule has 18 heavy (non-hydrogen) atoms. The van der Waals surface area contributed by atoms with E-state index in [0.717, 1.165) is 10.6 Å². The number of thiazole rings is 1. The number of carbonyl (C=O) groups is 1. The molecular weight excluding hydrogens is 246 g/mol. The van der Waals surface area contributed by atoms with Crippen molar-refractivity contribution in [3.05, 3.63) is 40.4 Å². The lowest BCUT2D eigenvalue weighted by Crippen LogP contribution is -2.01. The lowest BCUT2D eigenvalue weighted by Gasteiger charge is -2.02. The van der Waals surface area contributed by atoms with Crippen LogP contribution in [-0.2, 0) is 4.74 Å². The third-order valence-electron chi connectivity index (χ3n) is 2.59. The number of aromatic nitrogens is 1. The van der Waals surface area contributed by atoms with Crippen LogP contribution in [0.5, 0.6) is 0 Å². The highest BCUT2D eigenvalue weighted by Gasteiger charge is 2.13. The number of nitrogens with zero attached hydrogens (tertiary/aromatic N) is 1. The Morgan fingerprint density at radius 1 is 1.39 bits per heavy atom. The second-order valence-electron chi connectivity index (χ2n) is 4.07. The van der Waals surface area contributed by atoms with E-state index in [4.69, 9.17) is 4.74 Å². The molecule has 0 saturated carbocycles. The van der Waals surface area contributed by atoms with Gasteiger partial charge in [-0.05, 0) is 26.3 Å². The number of benzene rings is 1. The predicted molar refractivity (Wildman–Crippen MR) is 73.0 cm³/mol. The quantitative estimate of drug-likeness (QED) is 0.792. The molecule has 0 aliphatic carbocycles. The molecule has 2 rings (SSSR count). The Hall–Kier alpha value is -1.68. The lowest BCUT2D eigenvalue weighted by molar-refractivity contribution is 0.0532. The standard InChI is InChI=1S/C14H15NO2S/c1-4-17-14(16)12-8-15-13(18-12)11-6-5-9(2)7-10(11)3/h5-8H,4H2,1-3H3. The van der Waals surface area contributed by atoms with Crippen LogP contribution in [0.3, 0.4) is 0 Å². The molecule has 0 unspecified atom stereocenters. The molecule has 3 nitrogen and oxygen atoms in total. The first-order valence-electron chi connectivity index (χ1n) is 5.82. The summed E-state index contributed by atoms with van der Waals surface area (Å²) in [4.78, 5) is 16.4. The van der Waals surface area contributed by atoms with E-state index in [9.17, 15) is 4.79 Å². The largest absolute Gasteiger partial charge is 0.462 e. The van der Waals surface area contributed by atoms with Crippen LogP contribution in [0.25, 0.3) is 10.6 Å². The third kappa shape index (κ3) is 2.59. The second-order valence-corrected chi connectivity index (χ2v) is 5.10. The normalized spacial score (nSPS) is 10.4. The van der Waals surface area contributed by atoms with E-state index in [1.165, 1.54) is 22.5 Å². The Kier molecular flexibility index (Phi) is 3.77. The van der Waals surface area contributed by atoms with Crippen molar-refractivity contribution in [3.63, 3.8) is 0 Å². The third-order valence-corrected chi connectivity index (χ3v) is 3.61. The minimum atomic E-state index is -0.300. The summed E-state index contributed by atoms with van der Waals surface area (Å²) < 4.78 is 4.96. The van der Waals surface area contributed by atoms with Gasteiger partial charge < -0.3 is 4.74 Å².